The lowest BCUT2D eigenvalue weighted by atomic mass is 9.70. The first kappa shape index (κ1) is 38.3. The van der Waals surface area contributed by atoms with Crippen LogP contribution in [0.3, 0.4) is 0 Å². The molecule has 1 heterocycles. The zero-order valence-electron chi connectivity index (χ0n) is 38.0. The van der Waals surface area contributed by atoms with Crippen molar-refractivity contribution in [3.8, 4) is 78.7 Å². The SMILES string of the molecule is [3H]c1ccc(-c2nc(-c3ccccc3)nc(-c3cccc(-c4cccc(N(c5ccc(-c6ccccc6)cc5)c5cccc6c5-c5ccccc5C65c6ccccc6-c6ccccc65)c4)c3)n2)cc1. The summed E-state index contributed by atoms with van der Waals surface area (Å²) >= 11 is 0. The first-order chi connectivity index (χ1) is 34.1. The Labute approximate surface area is 397 Å². The first-order valence-corrected chi connectivity index (χ1v) is 23.1. The van der Waals surface area contributed by atoms with Gasteiger partial charge < -0.3 is 4.90 Å². The van der Waals surface area contributed by atoms with Gasteiger partial charge in [-0.1, -0.05) is 218 Å². The van der Waals surface area contributed by atoms with E-state index in [0.29, 0.717) is 23.5 Å². The van der Waals surface area contributed by atoms with Gasteiger partial charge in [0.1, 0.15) is 0 Å². The van der Waals surface area contributed by atoms with E-state index in [4.69, 9.17) is 16.3 Å². The highest BCUT2D eigenvalue weighted by molar-refractivity contribution is 6.01. The maximum absolute atomic E-state index is 8.08. The fourth-order valence-corrected chi connectivity index (χ4v) is 10.7. The molecule has 0 aliphatic heterocycles. The lowest BCUT2D eigenvalue weighted by Gasteiger charge is -2.32. The lowest BCUT2D eigenvalue weighted by molar-refractivity contribution is 0.794. The Kier molecular flexibility index (Phi) is 9.10. The van der Waals surface area contributed by atoms with Crippen LogP contribution in [-0.4, -0.2) is 15.0 Å². The van der Waals surface area contributed by atoms with Crippen LogP contribution in [0.1, 0.15) is 23.6 Å². The Morgan fingerprint density at radius 3 is 1.40 bits per heavy atom. The number of benzene rings is 10. The molecule has 0 unspecified atom stereocenters. The van der Waals surface area contributed by atoms with Crippen molar-refractivity contribution in [1.82, 2.24) is 15.0 Å². The Hall–Kier alpha value is -8.99. The normalized spacial score (nSPS) is 12.7. The van der Waals surface area contributed by atoms with Gasteiger partial charge in [0.05, 0.1) is 12.5 Å². The summed E-state index contributed by atoms with van der Waals surface area (Å²) in [5, 5.41) is 0. The smallest absolute Gasteiger partial charge is 0.164 e. The van der Waals surface area contributed by atoms with Gasteiger partial charge >= 0.3 is 0 Å². The monoisotopic (exact) mass is 868 g/mol. The quantitative estimate of drug-likeness (QED) is 0.153. The number of nitrogens with zero attached hydrogens (tertiary/aromatic N) is 4. The molecule has 0 atom stereocenters. The van der Waals surface area contributed by atoms with E-state index in [2.05, 4.69) is 199 Å². The highest BCUT2D eigenvalue weighted by Gasteiger charge is 2.52. The molecule has 11 aromatic rings. The van der Waals surface area contributed by atoms with E-state index in [1.165, 1.54) is 50.1 Å². The number of fused-ring (bicyclic) bond motifs is 10. The van der Waals surface area contributed by atoms with Gasteiger partial charge in [0.15, 0.2) is 17.5 Å². The summed E-state index contributed by atoms with van der Waals surface area (Å²) in [6, 6.07) is 88.6. The van der Waals surface area contributed by atoms with Crippen molar-refractivity contribution in [3.63, 3.8) is 0 Å². The van der Waals surface area contributed by atoms with Crippen LogP contribution >= 0.6 is 0 Å². The molecule has 13 rings (SSSR count). The van der Waals surface area contributed by atoms with Crippen molar-refractivity contribution < 1.29 is 1.37 Å². The van der Waals surface area contributed by atoms with E-state index in [-0.39, 0.29) is 0 Å². The second-order valence-electron chi connectivity index (χ2n) is 17.4. The number of rotatable bonds is 8. The van der Waals surface area contributed by atoms with Crippen molar-refractivity contribution in [2.24, 2.45) is 0 Å². The van der Waals surface area contributed by atoms with Gasteiger partial charge in [-0.25, -0.2) is 15.0 Å². The van der Waals surface area contributed by atoms with Crippen molar-refractivity contribution in [3.05, 3.63) is 277 Å². The highest BCUT2D eigenvalue weighted by atomic mass is 15.1. The number of hydrogen-bond acceptors (Lipinski definition) is 4. The maximum Gasteiger partial charge on any atom is 0.164 e. The van der Waals surface area contributed by atoms with Crippen molar-refractivity contribution in [1.29, 1.82) is 0 Å². The molecule has 0 N–H and O–H groups in total. The molecule has 0 saturated carbocycles. The molecule has 4 heteroatoms. The fourth-order valence-electron chi connectivity index (χ4n) is 10.7. The molecular weight excluding hydrogens is 825 g/mol. The van der Waals surface area contributed by atoms with Crippen LogP contribution in [0, 0.1) is 0 Å². The largest absolute Gasteiger partial charge is 0.310 e. The van der Waals surface area contributed by atoms with Crippen molar-refractivity contribution in [2.75, 3.05) is 4.90 Å². The Balaban J connectivity index is 0.980. The zero-order chi connectivity index (χ0) is 45.9. The van der Waals surface area contributed by atoms with Gasteiger partial charge in [-0.2, -0.15) is 0 Å². The first-order valence-electron chi connectivity index (χ1n) is 23.6. The second-order valence-corrected chi connectivity index (χ2v) is 17.4. The number of hydrogen-bond donors (Lipinski definition) is 0. The van der Waals surface area contributed by atoms with Crippen LogP contribution in [0.4, 0.5) is 17.1 Å². The predicted octanol–water partition coefficient (Wildman–Crippen LogP) is 16.0. The van der Waals surface area contributed by atoms with Crippen molar-refractivity contribution >= 4 is 17.1 Å². The van der Waals surface area contributed by atoms with E-state index >= 15 is 0 Å². The maximum atomic E-state index is 8.08. The van der Waals surface area contributed by atoms with Crippen molar-refractivity contribution in [2.45, 2.75) is 5.41 Å². The molecular formula is C64H42N4. The van der Waals surface area contributed by atoms with Gasteiger partial charge in [0.25, 0.3) is 0 Å². The molecule has 1 spiro atoms. The van der Waals surface area contributed by atoms with E-state index in [0.717, 1.165) is 50.4 Å². The van der Waals surface area contributed by atoms with E-state index in [1.54, 1.807) is 12.1 Å². The summed E-state index contributed by atoms with van der Waals surface area (Å²) in [6.07, 6.45) is 0. The Bertz CT molecular complexity index is 3690. The summed E-state index contributed by atoms with van der Waals surface area (Å²) in [5.74, 6) is 1.73. The average molecular weight is 869 g/mol. The summed E-state index contributed by atoms with van der Waals surface area (Å²) in [6.45, 7) is 0. The van der Waals surface area contributed by atoms with Crippen LogP contribution in [0.15, 0.2) is 255 Å². The summed E-state index contributed by atoms with van der Waals surface area (Å²) in [7, 11) is 0. The standard InChI is InChI=1S/C64H42N4/c1-4-19-43(20-5-1)44-37-39-50(40-38-44)68(59-36-18-35-58-60(59)54-31-12-15-34-57(54)64(58)55-32-13-10-29-52(55)53-30-11-14-33-56(53)64)51-28-17-26-48(42-51)47-25-16-27-49(41-47)63-66-61(45-21-6-2-7-22-45)65-62(67-63)46-23-8-3-9-24-46/h1-42H/i2T. The third-order valence-corrected chi connectivity index (χ3v) is 13.7. The van der Waals surface area contributed by atoms with Crippen LogP contribution in [0.5, 0.6) is 0 Å². The molecule has 4 nitrogen and oxygen atoms in total. The molecule has 10 aromatic carbocycles. The van der Waals surface area contributed by atoms with Gasteiger partial charge in [-0.05, 0) is 97.6 Å². The van der Waals surface area contributed by atoms with Gasteiger partial charge in [0, 0.05) is 33.6 Å². The molecule has 0 fully saturated rings. The molecule has 0 amide bonds. The number of anilines is 3. The molecule has 0 saturated heterocycles. The van der Waals surface area contributed by atoms with Gasteiger partial charge in [-0.15, -0.1) is 0 Å². The molecule has 318 valence electrons. The minimum Gasteiger partial charge on any atom is -0.310 e. The predicted molar refractivity (Wildman–Crippen MR) is 278 cm³/mol. The molecule has 0 radical (unpaired) electrons. The lowest BCUT2D eigenvalue weighted by Crippen LogP contribution is -2.26. The van der Waals surface area contributed by atoms with E-state index in [9.17, 15) is 0 Å². The third-order valence-electron chi connectivity index (χ3n) is 13.7. The summed E-state index contributed by atoms with van der Waals surface area (Å²) < 4.78 is 8.08. The summed E-state index contributed by atoms with van der Waals surface area (Å²) in [4.78, 5) is 17.4. The average Bonchev–Trinajstić information content (AvgIpc) is 3.90. The van der Waals surface area contributed by atoms with Crippen LogP contribution in [0.2, 0.25) is 0 Å². The fraction of sp³-hybridized carbons (Fsp3) is 0.0156. The van der Waals surface area contributed by atoms with Crippen LogP contribution in [0.25, 0.3) is 78.7 Å². The molecule has 1 aromatic heterocycles. The Morgan fingerprint density at radius 1 is 0.309 bits per heavy atom. The van der Waals surface area contributed by atoms with Gasteiger partial charge in [-0.3, -0.25) is 0 Å². The minimum absolute atomic E-state index is 0.435. The topological polar surface area (TPSA) is 41.9 Å². The molecule has 68 heavy (non-hydrogen) atoms. The number of aromatic nitrogens is 3. The molecule has 0 bridgehead atoms. The Morgan fingerprint density at radius 2 is 0.750 bits per heavy atom. The second kappa shape index (κ2) is 16.2. The minimum atomic E-state index is -0.472. The van der Waals surface area contributed by atoms with E-state index in [1.807, 2.05) is 42.5 Å². The van der Waals surface area contributed by atoms with Gasteiger partial charge in [0.2, 0.25) is 0 Å². The van der Waals surface area contributed by atoms with Crippen LogP contribution in [-0.2, 0) is 5.41 Å². The zero-order valence-corrected chi connectivity index (χ0v) is 37.0. The molecule has 2 aliphatic rings. The highest BCUT2D eigenvalue weighted by Crippen LogP contribution is 2.64. The van der Waals surface area contributed by atoms with E-state index < -0.39 is 5.41 Å². The summed E-state index contributed by atoms with van der Waals surface area (Å²) in [5.41, 5.74) is 20.1. The molecule has 2 aliphatic carbocycles. The third kappa shape index (κ3) is 6.34. The van der Waals surface area contributed by atoms with Crippen LogP contribution < -0.4 is 4.90 Å².